The van der Waals surface area contributed by atoms with Crippen LogP contribution in [0.4, 0.5) is 5.95 Å². The Morgan fingerprint density at radius 2 is 2.30 bits per heavy atom. The van der Waals surface area contributed by atoms with Crippen LogP contribution in [-0.4, -0.2) is 38.7 Å². The third-order valence-corrected chi connectivity index (χ3v) is 3.71. The van der Waals surface area contributed by atoms with E-state index in [0.29, 0.717) is 6.54 Å². The molecule has 9 heteroatoms. The molecule has 2 N–H and O–H groups in total. The zero-order valence-electron chi connectivity index (χ0n) is 12.3. The van der Waals surface area contributed by atoms with E-state index in [-0.39, 0.29) is 18.5 Å². The number of benzene rings is 1. The van der Waals surface area contributed by atoms with Gasteiger partial charge in [-0.05, 0) is 29.0 Å². The lowest BCUT2D eigenvalue weighted by Gasteiger charge is -2.27. The number of rotatable bonds is 5. The molecule has 2 heterocycles. The minimum atomic E-state index is -0.697. The van der Waals surface area contributed by atoms with E-state index in [1.165, 1.54) is 17.5 Å². The van der Waals surface area contributed by atoms with Crippen molar-refractivity contribution in [1.82, 2.24) is 25.4 Å². The lowest BCUT2D eigenvalue weighted by Crippen LogP contribution is -2.39. The summed E-state index contributed by atoms with van der Waals surface area (Å²) in [4.78, 5) is 25.3. The van der Waals surface area contributed by atoms with Gasteiger partial charge in [0.1, 0.15) is 6.54 Å². The van der Waals surface area contributed by atoms with Gasteiger partial charge in [0, 0.05) is 17.7 Å². The zero-order valence-corrected chi connectivity index (χ0v) is 12.3. The Morgan fingerprint density at radius 3 is 3.09 bits per heavy atom. The molecule has 0 bridgehead atoms. The van der Waals surface area contributed by atoms with Crippen molar-refractivity contribution in [2.75, 3.05) is 13.1 Å². The predicted octanol–water partition coefficient (Wildman–Crippen LogP) is 0.190. The molecule has 1 aromatic carbocycles. The van der Waals surface area contributed by atoms with E-state index in [9.17, 15) is 14.9 Å². The SMILES string of the molecule is O=C(Cn1cnc([N+](=O)[O-])n1)NCC1NCCc2ccccc21. The van der Waals surface area contributed by atoms with E-state index in [1.807, 2.05) is 12.1 Å². The highest BCUT2D eigenvalue weighted by atomic mass is 16.6. The number of nitrogens with zero attached hydrogens (tertiary/aromatic N) is 4. The first-order valence-corrected chi connectivity index (χ1v) is 7.25. The molecule has 0 spiro atoms. The summed E-state index contributed by atoms with van der Waals surface area (Å²) in [6.45, 7) is 1.22. The molecule has 120 valence electrons. The molecule has 1 aliphatic rings. The Hall–Kier alpha value is -2.81. The predicted molar refractivity (Wildman–Crippen MR) is 80.6 cm³/mol. The summed E-state index contributed by atoms with van der Waals surface area (Å²) in [5.41, 5.74) is 2.48. The largest absolute Gasteiger partial charge is 0.490 e. The van der Waals surface area contributed by atoms with Crippen molar-refractivity contribution in [3.63, 3.8) is 0 Å². The van der Waals surface area contributed by atoms with Crippen LogP contribution in [0, 0.1) is 10.1 Å². The molecule has 23 heavy (non-hydrogen) atoms. The Balaban J connectivity index is 1.56. The number of aromatic nitrogens is 3. The van der Waals surface area contributed by atoms with Gasteiger partial charge in [-0.25, -0.2) is 0 Å². The summed E-state index contributed by atoms with van der Waals surface area (Å²) in [6, 6.07) is 8.21. The molecule has 2 aromatic rings. The van der Waals surface area contributed by atoms with E-state index in [4.69, 9.17) is 0 Å². The van der Waals surface area contributed by atoms with Gasteiger partial charge < -0.3 is 20.7 Å². The first kappa shape index (κ1) is 15.1. The van der Waals surface area contributed by atoms with Gasteiger partial charge in [0.05, 0.1) is 0 Å². The molecule has 0 fully saturated rings. The number of fused-ring (bicyclic) bond motifs is 1. The summed E-state index contributed by atoms with van der Waals surface area (Å²) >= 11 is 0. The minimum absolute atomic E-state index is 0.0639. The molecule has 1 unspecified atom stereocenters. The van der Waals surface area contributed by atoms with Crippen molar-refractivity contribution in [1.29, 1.82) is 0 Å². The topological polar surface area (TPSA) is 115 Å². The van der Waals surface area contributed by atoms with Gasteiger partial charge in [-0.3, -0.25) is 4.79 Å². The van der Waals surface area contributed by atoms with Gasteiger partial charge >= 0.3 is 5.95 Å². The maximum absolute atomic E-state index is 11.9. The second-order valence-electron chi connectivity index (χ2n) is 5.26. The minimum Gasteiger partial charge on any atom is -0.390 e. The summed E-state index contributed by atoms with van der Waals surface area (Å²) in [5, 5.41) is 20.3. The van der Waals surface area contributed by atoms with Crippen LogP contribution < -0.4 is 10.6 Å². The highest BCUT2D eigenvalue weighted by Crippen LogP contribution is 2.21. The van der Waals surface area contributed by atoms with Gasteiger partial charge in [-0.2, -0.15) is 4.68 Å². The van der Waals surface area contributed by atoms with Crippen molar-refractivity contribution < 1.29 is 9.72 Å². The zero-order chi connectivity index (χ0) is 16.2. The van der Waals surface area contributed by atoms with Crippen LogP contribution in [0.3, 0.4) is 0 Å². The fourth-order valence-electron chi connectivity index (χ4n) is 2.64. The van der Waals surface area contributed by atoms with Gasteiger partial charge in [0.15, 0.2) is 0 Å². The van der Waals surface area contributed by atoms with E-state index < -0.39 is 10.9 Å². The van der Waals surface area contributed by atoms with Crippen LogP contribution in [-0.2, 0) is 17.8 Å². The van der Waals surface area contributed by atoms with E-state index >= 15 is 0 Å². The van der Waals surface area contributed by atoms with Crippen LogP contribution in [0.2, 0.25) is 0 Å². The van der Waals surface area contributed by atoms with E-state index in [0.717, 1.165) is 17.6 Å². The molecule has 0 radical (unpaired) electrons. The number of hydrogen-bond donors (Lipinski definition) is 2. The maximum Gasteiger partial charge on any atom is 0.490 e. The summed E-state index contributed by atoms with van der Waals surface area (Å²) in [6.07, 6.45) is 2.15. The normalized spacial score (nSPS) is 16.6. The third-order valence-electron chi connectivity index (χ3n) is 3.71. The van der Waals surface area contributed by atoms with Crippen molar-refractivity contribution >= 4 is 11.9 Å². The number of carbonyl (C=O) groups is 1. The summed E-state index contributed by atoms with van der Waals surface area (Å²) in [7, 11) is 0. The number of carbonyl (C=O) groups excluding carboxylic acids is 1. The molecule has 0 saturated carbocycles. The van der Waals surface area contributed by atoms with Crippen LogP contribution in [0.5, 0.6) is 0 Å². The third kappa shape index (κ3) is 3.51. The Morgan fingerprint density at radius 1 is 1.48 bits per heavy atom. The smallest absolute Gasteiger partial charge is 0.390 e. The van der Waals surface area contributed by atoms with Gasteiger partial charge in [0.2, 0.25) is 12.2 Å². The molecule has 1 aliphatic heterocycles. The number of nitro groups is 1. The van der Waals surface area contributed by atoms with Crippen molar-refractivity contribution in [3.8, 4) is 0 Å². The summed E-state index contributed by atoms with van der Waals surface area (Å²) in [5.74, 6) is -0.782. The molecule has 0 aliphatic carbocycles. The molecular formula is C14H16N6O3. The van der Waals surface area contributed by atoms with Crippen LogP contribution in [0.1, 0.15) is 17.2 Å². The van der Waals surface area contributed by atoms with Gasteiger partial charge in [0.25, 0.3) is 0 Å². The molecular weight excluding hydrogens is 300 g/mol. The Labute approximate surface area is 131 Å². The highest BCUT2D eigenvalue weighted by molar-refractivity contribution is 5.75. The molecule has 1 atom stereocenters. The monoisotopic (exact) mass is 316 g/mol. The number of amides is 1. The Bertz CT molecular complexity index is 729. The standard InChI is InChI=1S/C14H16N6O3/c21-13(8-19-9-17-14(18-19)20(22)23)16-7-12-11-4-2-1-3-10(11)5-6-15-12/h1-4,9,12,15H,5-8H2,(H,16,21). The van der Waals surface area contributed by atoms with Crippen LogP contribution >= 0.6 is 0 Å². The first-order chi connectivity index (χ1) is 11.1. The van der Waals surface area contributed by atoms with Crippen molar-refractivity contribution in [2.24, 2.45) is 0 Å². The average Bonchev–Trinajstić information content (AvgIpc) is 3.01. The van der Waals surface area contributed by atoms with Crippen LogP contribution in [0.15, 0.2) is 30.6 Å². The van der Waals surface area contributed by atoms with E-state index in [1.54, 1.807) is 0 Å². The lowest BCUT2D eigenvalue weighted by atomic mass is 9.94. The van der Waals surface area contributed by atoms with Gasteiger partial charge in [-0.1, -0.05) is 29.2 Å². The second kappa shape index (κ2) is 6.53. The molecule has 0 saturated heterocycles. The molecule has 3 rings (SSSR count). The average molecular weight is 316 g/mol. The number of nitrogens with one attached hydrogen (secondary N) is 2. The van der Waals surface area contributed by atoms with Crippen molar-refractivity contribution in [2.45, 2.75) is 19.0 Å². The molecule has 1 amide bonds. The number of hydrogen-bond acceptors (Lipinski definition) is 6. The maximum atomic E-state index is 11.9. The highest BCUT2D eigenvalue weighted by Gasteiger charge is 2.20. The molecule has 1 aromatic heterocycles. The van der Waals surface area contributed by atoms with E-state index in [2.05, 4.69) is 32.8 Å². The Kier molecular flexibility index (Phi) is 4.29. The van der Waals surface area contributed by atoms with Crippen molar-refractivity contribution in [3.05, 3.63) is 51.8 Å². The van der Waals surface area contributed by atoms with Crippen LogP contribution in [0.25, 0.3) is 0 Å². The fourth-order valence-corrected chi connectivity index (χ4v) is 2.64. The van der Waals surface area contributed by atoms with Gasteiger partial charge in [-0.15, -0.1) is 0 Å². The molecule has 9 nitrogen and oxygen atoms in total. The quantitative estimate of drug-likeness (QED) is 0.601. The second-order valence-corrected chi connectivity index (χ2v) is 5.26. The first-order valence-electron chi connectivity index (χ1n) is 7.25. The lowest BCUT2D eigenvalue weighted by molar-refractivity contribution is -0.394. The fraction of sp³-hybridized carbons (Fsp3) is 0.357. The summed E-state index contributed by atoms with van der Waals surface area (Å²) < 4.78 is 1.15.